The standard InChI is InChI=1S/C12H17ClN2/c1-8(2)9-6-10(7-9)15-11-4-3-5-14-12(11)13/h3-5,8-10,15H,6-7H2,1-2H3. The predicted octanol–water partition coefficient (Wildman–Crippen LogP) is 3.58. The molecule has 1 aliphatic carbocycles. The number of aromatic nitrogens is 1. The first-order valence-corrected chi connectivity index (χ1v) is 5.91. The zero-order chi connectivity index (χ0) is 10.8. The number of nitrogens with one attached hydrogen (secondary N) is 1. The van der Waals surface area contributed by atoms with Gasteiger partial charge >= 0.3 is 0 Å². The predicted molar refractivity (Wildman–Crippen MR) is 64.2 cm³/mol. The van der Waals surface area contributed by atoms with Gasteiger partial charge < -0.3 is 5.32 Å². The summed E-state index contributed by atoms with van der Waals surface area (Å²) < 4.78 is 0. The lowest BCUT2D eigenvalue weighted by atomic mass is 9.73. The van der Waals surface area contributed by atoms with Gasteiger partial charge in [-0.05, 0) is 36.8 Å². The quantitative estimate of drug-likeness (QED) is 0.794. The number of pyridine rings is 1. The molecule has 82 valence electrons. The molecule has 0 bridgehead atoms. The van der Waals surface area contributed by atoms with E-state index in [0.29, 0.717) is 11.2 Å². The second-order valence-electron chi connectivity index (χ2n) is 4.66. The van der Waals surface area contributed by atoms with E-state index in [4.69, 9.17) is 11.6 Å². The van der Waals surface area contributed by atoms with Crippen LogP contribution in [0.15, 0.2) is 18.3 Å². The average Bonchev–Trinajstić information content (AvgIpc) is 2.12. The second kappa shape index (κ2) is 4.40. The van der Waals surface area contributed by atoms with Gasteiger partial charge in [0.1, 0.15) is 0 Å². The van der Waals surface area contributed by atoms with Gasteiger partial charge in [-0.15, -0.1) is 0 Å². The van der Waals surface area contributed by atoms with E-state index in [2.05, 4.69) is 24.1 Å². The average molecular weight is 225 g/mol. The highest BCUT2D eigenvalue weighted by Gasteiger charge is 2.31. The minimum absolute atomic E-state index is 0.575. The first-order valence-electron chi connectivity index (χ1n) is 5.54. The van der Waals surface area contributed by atoms with Crippen LogP contribution < -0.4 is 5.32 Å². The van der Waals surface area contributed by atoms with Gasteiger partial charge in [0.15, 0.2) is 5.15 Å². The van der Waals surface area contributed by atoms with E-state index < -0.39 is 0 Å². The van der Waals surface area contributed by atoms with Crippen LogP contribution in [0.1, 0.15) is 26.7 Å². The largest absolute Gasteiger partial charge is 0.380 e. The summed E-state index contributed by atoms with van der Waals surface area (Å²) in [6.07, 6.45) is 4.22. The van der Waals surface area contributed by atoms with Gasteiger partial charge in [0.05, 0.1) is 5.69 Å². The van der Waals surface area contributed by atoms with Crippen molar-refractivity contribution in [2.75, 3.05) is 5.32 Å². The van der Waals surface area contributed by atoms with Gasteiger partial charge in [-0.25, -0.2) is 4.98 Å². The van der Waals surface area contributed by atoms with E-state index in [1.54, 1.807) is 6.20 Å². The Labute approximate surface area is 96.1 Å². The Morgan fingerprint density at radius 1 is 1.47 bits per heavy atom. The molecule has 2 rings (SSSR count). The molecule has 0 aliphatic heterocycles. The lowest BCUT2D eigenvalue weighted by Crippen LogP contribution is -2.37. The Bertz CT molecular complexity index is 332. The first-order chi connectivity index (χ1) is 7.16. The molecule has 1 aromatic heterocycles. The summed E-state index contributed by atoms with van der Waals surface area (Å²) in [6, 6.07) is 4.48. The van der Waals surface area contributed by atoms with E-state index in [1.165, 1.54) is 12.8 Å². The third-order valence-electron chi connectivity index (χ3n) is 3.24. The molecule has 0 radical (unpaired) electrons. The maximum Gasteiger partial charge on any atom is 0.152 e. The smallest absolute Gasteiger partial charge is 0.152 e. The molecular weight excluding hydrogens is 208 g/mol. The van der Waals surface area contributed by atoms with Crippen molar-refractivity contribution in [2.45, 2.75) is 32.7 Å². The molecule has 2 nitrogen and oxygen atoms in total. The second-order valence-corrected chi connectivity index (χ2v) is 5.02. The van der Waals surface area contributed by atoms with Crippen LogP contribution in [-0.4, -0.2) is 11.0 Å². The Morgan fingerprint density at radius 3 is 2.80 bits per heavy atom. The van der Waals surface area contributed by atoms with Crippen LogP contribution in [0, 0.1) is 11.8 Å². The fourth-order valence-electron chi connectivity index (χ4n) is 2.04. The van der Waals surface area contributed by atoms with E-state index in [0.717, 1.165) is 17.5 Å². The monoisotopic (exact) mass is 224 g/mol. The fraction of sp³-hybridized carbons (Fsp3) is 0.583. The molecule has 1 N–H and O–H groups in total. The SMILES string of the molecule is CC(C)C1CC(Nc2cccnc2Cl)C1. The maximum atomic E-state index is 5.97. The van der Waals surface area contributed by atoms with Crippen LogP contribution in [0.3, 0.4) is 0 Å². The Hall–Kier alpha value is -0.760. The number of nitrogens with zero attached hydrogens (tertiary/aromatic N) is 1. The highest BCUT2D eigenvalue weighted by atomic mass is 35.5. The molecule has 1 aliphatic rings. The highest BCUT2D eigenvalue weighted by molar-refractivity contribution is 6.31. The van der Waals surface area contributed by atoms with Gasteiger partial charge in [-0.1, -0.05) is 25.4 Å². The lowest BCUT2D eigenvalue weighted by Gasteiger charge is -2.39. The summed E-state index contributed by atoms with van der Waals surface area (Å²) in [4.78, 5) is 4.05. The lowest BCUT2D eigenvalue weighted by molar-refractivity contribution is 0.212. The van der Waals surface area contributed by atoms with Gasteiger partial charge in [-0.3, -0.25) is 0 Å². The Kier molecular flexibility index (Phi) is 3.15. The molecule has 3 heteroatoms. The minimum Gasteiger partial charge on any atom is -0.380 e. The third kappa shape index (κ3) is 2.43. The van der Waals surface area contributed by atoms with Crippen molar-refractivity contribution < 1.29 is 0 Å². The summed E-state index contributed by atoms with van der Waals surface area (Å²) in [6.45, 7) is 4.58. The van der Waals surface area contributed by atoms with Gasteiger partial charge in [0.25, 0.3) is 0 Å². The van der Waals surface area contributed by atoms with Gasteiger partial charge in [-0.2, -0.15) is 0 Å². The van der Waals surface area contributed by atoms with Crippen LogP contribution in [0.5, 0.6) is 0 Å². The summed E-state index contributed by atoms with van der Waals surface area (Å²) in [5.41, 5.74) is 0.964. The number of hydrogen-bond donors (Lipinski definition) is 1. The molecule has 0 spiro atoms. The third-order valence-corrected chi connectivity index (χ3v) is 3.54. The zero-order valence-electron chi connectivity index (χ0n) is 9.20. The van der Waals surface area contributed by atoms with E-state index in [1.807, 2.05) is 12.1 Å². The molecule has 0 amide bonds. The first kappa shape index (κ1) is 10.7. The van der Waals surface area contributed by atoms with Crippen LogP contribution in [0.25, 0.3) is 0 Å². The molecule has 1 heterocycles. The van der Waals surface area contributed by atoms with Crippen molar-refractivity contribution in [1.29, 1.82) is 0 Å². The van der Waals surface area contributed by atoms with Gasteiger partial charge in [0.2, 0.25) is 0 Å². The molecule has 0 atom stereocenters. The molecular formula is C12H17ClN2. The molecule has 0 saturated heterocycles. The molecule has 0 aromatic carbocycles. The van der Waals surface area contributed by atoms with Gasteiger partial charge in [0, 0.05) is 12.2 Å². The van der Waals surface area contributed by atoms with E-state index in [9.17, 15) is 0 Å². The van der Waals surface area contributed by atoms with Crippen LogP contribution in [-0.2, 0) is 0 Å². The molecule has 0 unspecified atom stereocenters. The van der Waals surface area contributed by atoms with Crippen molar-refractivity contribution >= 4 is 17.3 Å². The topological polar surface area (TPSA) is 24.9 Å². The van der Waals surface area contributed by atoms with Crippen molar-refractivity contribution in [3.63, 3.8) is 0 Å². The summed E-state index contributed by atoms with van der Waals surface area (Å²) in [7, 11) is 0. The summed E-state index contributed by atoms with van der Waals surface area (Å²) >= 11 is 5.97. The maximum absolute atomic E-state index is 5.97. The Morgan fingerprint density at radius 2 is 2.20 bits per heavy atom. The number of hydrogen-bond acceptors (Lipinski definition) is 2. The van der Waals surface area contributed by atoms with Crippen LogP contribution in [0.4, 0.5) is 5.69 Å². The molecule has 1 saturated carbocycles. The van der Waals surface area contributed by atoms with E-state index >= 15 is 0 Å². The molecule has 1 fully saturated rings. The normalized spacial score (nSPS) is 25.1. The van der Waals surface area contributed by atoms with Crippen molar-refractivity contribution in [2.24, 2.45) is 11.8 Å². The van der Waals surface area contributed by atoms with Crippen LogP contribution in [0.2, 0.25) is 5.15 Å². The minimum atomic E-state index is 0.575. The number of halogens is 1. The summed E-state index contributed by atoms with van der Waals surface area (Å²) in [5, 5.41) is 4.01. The fourth-order valence-corrected chi connectivity index (χ4v) is 2.21. The summed E-state index contributed by atoms with van der Waals surface area (Å²) in [5.74, 6) is 1.67. The highest BCUT2D eigenvalue weighted by Crippen LogP contribution is 2.36. The van der Waals surface area contributed by atoms with Crippen molar-refractivity contribution in [3.05, 3.63) is 23.5 Å². The number of rotatable bonds is 3. The van der Waals surface area contributed by atoms with Crippen molar-refractivity contribution in [3.8, 4) is 0 Å². The zero-order valence-corrected chi connectivity index (χ0v) is 9.96. The molecule has 1 aromatic rings. The van der Waals surface area contributed by atoms with Crippen LogP contribution >= 0.6 is 11.6 Å². The Balaban J connectivity index is 1.88. The van der Waals surface area contributed by atoms with Crippen molar-refractivity contribution in [1.82, 2.24) is 4.98 Å². The van der Waals surface area contributed by atoms with E-state index in [-0.39, 0.29) is 0 Å². The number of anilines is 1. The molecule has 15 heavy (non-hydrogen) atoms.